The number of aromatic nitrogens is 3. The van der Waals surface area contributed by atoms with Crippen molar-refractivity contribution >= 4 is 35.4 Å². The van der Waals surface area contributed by atoms with Crippen LogP contribution in [0, 0.1) is 0 Å². The molecule has 8 heteroatoms. The molecule has 7 nitrogen and oxygen atoms in total. The Balaban J connectivity index is 1.29. The summed E-state index contributed by atoms with van der Waals surface area (Å²) in [6.07, 6.45) is 7.81. The van der Waals surface area contributed by atoms with Crippen LogP contribution in [0.5, 0.6) is 0 Å². The number of benzene rings is 1. The Morgan fingerprint density at radius 2 is 1.97 bits per heavy atom. The Kier molecular flexibility index (Phi) is 5.99. The van der Waals surface area contributed by atoms with Crippen LogP contribution in [-0.4, -0.2) is 39.0 Å². The third-order valence-corrected chi connectivity index (χ3v) is 5.71. The second-order valence-corrected chi connectivity index (χ2v) is 8.20. The molecule has 1 amide bonds. The lowest BCUT2D eigenvalue weighted by atomic mass is 10.2. The highest BCUT2D eigenvalue weighted by Gasteiger charge is 2.36. The number of nitrogens with zero attached hydrogens (tertiary/aromatic N) is 3. The van der Waals surface area contributed by atoms with Crippen molar-refractivity contribution in [2.75, 3.05) is 17.7 Å². The van der Waals surface area contributed by atoms with Gasteiger partial charge in [0.1, 0.15) is 5.82 Å². The molecule has 2 saturated carbocycles. The molecule has 1 aromatic carbocycles. The summed E-state index contributed by atoms with van der Waals surface area (Å²) in [5, 5.41) is 12.4. The molecule has 2 fully saturated rings. The van der Waals surface area contributed by atoms with Gasteiger partial charge in [-0.25, -0.2) is 4.79 Å². The number of nitrogens with one attached hydrogen (secondary N) is 1. The number of rotatable bonds is 9. The minimum atomic E-state index is -0.370. The molecule has 0 atom stereocenters. The third kappa shape index (κ3) is 5.26. The maximum Gasteiger partial charge on any atom is 0.330 e. The van der Waals surface area contributed by atoms with Crippen LogP contribution in [0.3, 0.4) is 0 Å². The van der Waals surface area contributed by atoms with Crippen LogP contribution >= 0.6 is 11.8 Å². The number of carbonyl (C=O) groups excluding carboxylic acids is 2. The summed E-state index contributed by atoms with van der Waals surface area (Å²) in [6, 6.07) is 7.81. The fourth-order valence-electron chi connectivity index (χ4n) is 3.04. The van der Waals surface area contributed by atoms with Gasteiger partial charge in [-0.1, -0.05) is 23.9 Å². The molecule has 1 aromatic heterocycles. The summed E-state index contributed by atoms with van der Waals surface area (Å²) >= 11 is 1.44. The van der Waals surface area contributed by atoms with Gasteiger partial charge >= 0.3 is 5.97 Å². The average Bonchev–Trinajstić information content (AvgIpc) is 3.65. The van der Waals surface area contributed by atoms with Gasteiger partial charge in [0, 0.05) is 23.7 Å². The number of thioether (sulfide) groups is 1. The summed E-state index contributed by atoms with van der Waals surface area (Å²) < 4.78 is 7.10. The lowest BCUT2D eigenvalue weighted by Gasteiger charge is -2.08. The number of esters is 1. The van der Waals surface area contributed by atoms with Gasteiger partial charge in [0.2, 0.25) is 5.91 Å². The van der Waals surface area contributed by atoms with Gasteiger partial charge in [-0.15, -0.1) is 10.2 Å². The summed E-state index contributed by atoms with van der Waals surface area (Å²) in [6.45, 7) is 2.12. The molecule has 2 aliphatic carbocycles. The largest absolute Gasteiger partial charge is 0.463 e. The average molecular weight is 413 g/mol. The lowest BCUT2D eigenvalue weighted by Crippen LogP contribution is -2.14. The Labute approximate surface area is 173 Å². The highest BCUT2D eigenvalue weighted by atomic mass is 32.2. The molecule has 0 saturated heterocycles. The number of hydrogen-bond acceptors (Lipinski definition) is 6. The van der Waals surface area contributed by atoms with Crippen LogP contribution in [-0.2, 0) is 14.3 Å². The molecular formula is C21H24N4O3S. The van der Waals surface area contributed by atoms with Gasteiger partial charge in [0.25, 0.3) is 0 Å². The normalized spacial score (nSPS) is 16.2. The molecule has 0 spiro atoms. The predicted octanol–water partition coefficient (Wildman–Crippen LogP) is 3.80. The first-order chi connectivity index (χ1) is 14.1. The van der Waals surface area contributed by atoms with E-state index in [1.54, 1.807) is 13.0 Å². The SMILES string of the molecule is CCOC(=O)C=Cc1ccc(NC(=O)CSc2nnc(C3CC3)n2C2CC2)cc1. The van der Waals surface area contributed by atoms with Gasteiger partial charge in [-0.05, 0) is 56.4 Å². The molecule has 2 aliphatic rings. The molecule has 0 bridgehead atoms. The quantitative estimate of drug-likeness (QED) is 0.383. The molecule has 0 aliphatic heterocycles. The maximum atomic E-state index is 12.3. The molecule has 1 heterocycles. The van der Waals surface area contributed by atoms with Crippen LogP contribution in [0.25, 0.3) is 6.08 Å². The second-order valence-electron chi connectivity index (χ2n) is 7.26. The van der Waals surface area contributed by atoms with Crippen molar-refractivity contribution < 1.29 is 14.3 Å². The third-order valence-electron chi connectivity index (χ3n) is 4.77. The zero-order chi connectivity index (χ0) is 20.2. The Morgan fingerprint density at radius 3 is 2.62 bits per heavy atom. The zero-order valence-electron chi connectivity index (χ0n) is 16.3. The van der Waals surface area contributed by atoms with Crippen molar-refractivity contribution in [3.8, 4) is 0 Å². The van der Waals surface area contributed by atoms with E-state index in [2.05, 4.69) is 20.1 Å². The van der Waals surface area contributed by atoms with Crippen LogP contribution in [0.2, 0.25) is 0 Å². The first-order valence-electron chi connectivity index (χ1n) is 9.96. The number of hydrogen-bond donors (Lipinski definition) is 1. The fourth-order valence-corrected chi connectivity index (χ4v) is 3.85. The molecule has 4 rings (SSSR count). The van der Waals surface area contributed by atoms with E-state index in [1.807, 2.05) is 24.3 Å². The maximum absolute atomic E-state index is 12.3. The van der Waals surface area contributed by atoms with Crippen molar-refractivity contribution in [2.24, 2.45) is 0 Å². The van der Waals surface area contributed by atoms with E-state index in [0.717, 1.165) is 16.5 Å². The number of anilines is 1. The molecule has 2 aromatic rings. The van der Waals surface area contributed by atoms with Gasteiger partial charge in [-0.3, -0.25) is 4.79 Å². The van der Waals surface area contributed by atoms with E-state index >= 15 is 0 Å². The molecule has 29 heavy (non-hydrogen) atoms. The van der Waals surface area contributed by atoms with E-state index in [0.29, 0.717) is 30.0 Å². The lowest BCUT2D eigenvalue weighted by molar-refractivity contribution is -0.137. The molecule has 0 unspecified atom stereocenters. The molecule has 0 radical (unpaired) electrons. The van der Waals surface area contributed by atoms with Crippen molar-refractivity contribution in [2.45, 2.75) is 49.7 Å². The van der Waals surface area contributed by atoms with E-state index in [1.165, 1.54) is 43.5 Å². The van der Waals surface area contributed by atoms with Crippen molar-refractivity contribution in [3.05, 3.63) is 41.7 Å². The number of carbonyl (C=O) groups is 2. The standard InChI is InChI=1S/C21H24N4O3S/c1-2-28-19(27)12-5-14-3-8-16(9-4-14)22-18(26)13-29-21-24-23-20(15-6-7-15)25(21)17-10-11-17/h3-5,8-9,12,15,17H,2,6-7,10-11,13H2,1H3,(H,22,26). The van der Waals surface area contributed by atoms with Crippen LogP contribution in [0.1, 0.15) is 56.0 Å². The zero-order valence-corrected chi connectivity index (χ0v) is 17.2. The van der Waals surface area contributed by atoms with E-state index in [9.17, 15) is 9.59 Å². The van der Waals surface area contributed by atoms with E-state index in [-0.39, 0.29) is 11.9 Å². The van der Waals surface area contributed by atoms with E-state index < -0.39 is 0 Å². The highest BCUT2D eigenvalue weighted by Crippen LogP contribution is 2.45. The Hall–Kier alpha value is -2.61. The van der Waals surface area contributed by atoms with Gasteiger partial charge in [-0.2, -0.15) is 0 Å². The number of ether oxygens (including phenoxy) is 1. The topological polar surface area (TPSA) is 86.1 Å². The van der Waals surface area contributed by atoms with Crippen molar-refractivity contribution in [3.63, 3.8) is 0 Å². The summed E-state index contributed by atoms with van der Waals surface area (Å²) in [5.41, 5.74) is 1.57. The van der Waals surface area contributed by atoms with Gasteiger partial charge < -0.3 is 14.6 Å². The minimum Gasteiger partial charge on any atom is -0.463 e. The molecular weight excluding hydrogens is 388 g/mol. The monoisotopic (exact) mass is 412 g/mol. The predicted molar refractivity (Wildman–Crippen MR) is 112 cm³/mol. The first-order valence-corrected chi connectivity index (χ1v) is 10.9. The minimum absolute atomic E-state index is 0.0804. The fraction of sp³-hybridized carbons (Fsp3) is 0.429. The summed E-state index contributed by atoms with van der Waals surface area (Å²) in [7, 11) is 0. The first kappa shape index (κ1) is 19.7. The van der Waals surface area contributed by atoms with Gasteiger partial charge in [0.05, 0.1) is 12.4 Å². The number of amides is 1. The molecule has 1 N–H and O–H groups in total. The Bertz CT molecular complexity index is 915. The van der Waals surface area contributed by atoms with Crippen LogP contribution in [0.4, 0.5) is 5.69 Å². The summed E-state index contributed by atoms with van der Waals surface area (Å²) in [5.74, 6) is 1.50. The smallest absolute Gasteiger partial charge is 0.330 e. The highest BCUT2D eigenvalue weighted by molar-refractivity contribution is 7.99. The Morgan fingerprint density at radius 1 is 1.21 bits per heavy atom. The van der Waals surface area contributed by atoms with Crippen molar-refractivity contribution in [1.29, 1.82) is 0 Å². The van der Waals surface area contributed by atoms with E-state index in [4.69, 9.17) is 4.74 Å². The molecule has 152 valence electrons. The summed E-state index contributed by atoms with van der Waals surface area (Å²) in [4.78, 5) is 23.7. The van der Waals surface area contributed by atoms with Crippen LogP contribution < -0.4 is 5.32 Å². The van der Waals surface area contributed by atoms with Gasteiger partial charge in [0.15, 0.2) is 5.16 Å². The van der Waals surface area contributed by atoms with Crippen molar-refractivity contribution in [1.82, 2.24) is 14.8 Å². The second kappa shape index (κ2) is 8.82. The van der Waals surface area contributed by atoms with Crippen LogP contribution in [0.15, 0.2) is 35.5 Å².